The molecular formula is C12H12ClIN4O. The summed E-state index contributed by atoms with van der Waals surface area (Å²) in [6.07, 6.45) is 3.26. The van der Waals surface area contributed by atoms with Crippen molar-refractivity contribution in [1.82, 2.24) is 9.55 Å². The molecule has 5 nitrogen and oxygen atoms in total. The molecule has 0 saturated heterocycles. The molecule has 1 amide bonds. The van der Waals surface area contributed by atoms with Gasteiger partial charge in [-0.05, 0) is 40.8 Å². The Hall–Kier alpha value is -1.12. The topological polar surface area (TPSA) is 72.9 Å². The molecule has 3 N–H and O–H groups in total. The Kier molecular flexibility index (Phi) is 4.78. The first-order valence-corrected chi connectivity index (χ1v) is 7.04. The first-order chi connectivity index (χ1) is 9.10. The molecule has 0 fully saturated rings. The third-order valence-electron chi connectivity index (χ3n) is 2.43. The second kappa shape index (κ2) is 6.36. The zero-order valence-electron chi connectivity index (χ0n) is 9.94. The lowest BCUT2D eigenvalue weighted by Crippen LogP contribution is -2.13. The molecule has 0 aliphatic heterocycles. The number of aromatic nitrogens is 2. The zero-order valence-corrected chi connectivity index (χ0v) is 12.9. The van der Waals surface area contributed by atoms with Gasteiger partial charge in [0, 0.05) is 27.9 Å². The fourth-order valence-electron chi connectivity index (χ4n) is 1.53. The number of halogens is 2. The number of hydrogen-bond acceptors (Lipinski definition) is 3. The van der Waals surface area contributed by atoms with E-state index in [1.807, 2.05) is 0 Å². The van der Waals surface area contributed by atoms with Gasteiger partial charge in [0.25, 0.3) is 5.91 Å². The van der Waals surface area contributed by atoms with Crippen molar-refractivity contribution in [2.24, 2.45) is 5.73 Å². The molecule has 2 rings (SSSR count). The van der Waals surface area contributed by atoms with E-state index >= 15 is 0 Å². The Morgan fingerprint density at radius 2 is 2.32 bits per heavy atom. The van der Waals surface area contributed by atoms with Crippen molar-refractivity contribution in [2.75, 3.05) is 11.9 Å². The van der Waals surface area contributed by atoms with Crippen LogP contribution in [0.2, 0.25) is 5.02 Å². The monoisotopic (exact) mass is 390 g/mol. The maximum Gasteiger partial charge on any atom is 0.275 e. The van der Waals surface area contributed by atoms with Gasteiger partial charge < -0.3 is 15.6 Å². The predicted octanol–water partition coefficient (Wildman–Crippen LogP) is 2.35. The number of imidazole rings is 1. The van der Waals surface area contributed by atoms with Gasteiger partial charge in [0.2, 0.25) is 0 Å². The number of carbonyl (C=O) groups is 1. The summed E-state index contributed by atoms with van der Waals surface area (Å²) < 4.78 is 2.65. The number of carbonyl (C=O) groups excluding carboxylic acids is 1. The summed E-state index contributed by atoms with van der Waals surface area (Å²) in [6, 6.07) is 5.27. The van der Waals surface area contributed by atoms with Gasteiger partial charge in [0.1, 0.15) is 5.69 Å². The Bertz CT molecular complexity index is 599. The minimum Gasteiger partial charge on any atom is -0.335 e. The number of nitrogens with zero attached hydrogens (tertiary/aromatic N) is 2. The van der Waals surface area contributed by atoms with Gasteiger partial charge in [-0.25, -0.2) is 4.98 Å². The van der Waals surface area contributed by atoms with E-state index in [2.05, 4.69) is 32.9 Å². The lowest BCUT2D eigenvalue weighted by atomic mass is 10.3. The van der Waals surface area contributed by atoms with Crippen LogP contribution in [0.25, 0.3) is 0 Å². The fraction of sp³-hybridized carbons (Fsp3) is 0.167. The number of nitrogens with two attached hydrogens (primary N) is 1. The fourth-order valence-corrected chi connectivity index (χ4v) is 2.53. The van der Waals surface area contributed by atoms with Gasteiger partial charge in [0.15, 0.2) is 0 Å². The van der Waals surface area contributed by atoms with Gasteiger partial charge in [0.05, 0.1) is 12.0 Å². The van der Waals surface area contributed by atoms with Crippen LogP contribution in [0.3, 0.4) is 0 Å². The highest BCUT2D eigenvalue weighted by Crippen LogP contribution is 2.22. The van der Waals surface area contributed by atoms with Crippen LogP contribution in [-0.2, 0) is 6.54 Å². The lowest BCUT2D eigenvalue weighted by molar-refractivity contribution is 0.102. The number of hydrogen-bond donors (Lipinski definition) is 2. The SMILES string of the molecule is NCCn1cnc(C(=O)Nc2ccc(Cl)cc2I)c1. The summed E-state index contributed by atoms with van der Waals surface area (Å²) in [5.74, 6) is -0.254. The summed E-state index contributed by atoms with van der Waals surface area (Å²) >= 11 is 7.98. The van der Waals surface area contributed by atoms with Gasteiger partial charge >= 0.3 is 0 Å². The molecule has 100 valence electrons. The van der Waals surface area contributed by atoms with Crippen molar-refractivity contribution in [3.63, 3.8) is 0 Å². The minimum atomic E-state index is -0.254. The minimum absolute atomic E-state index is 0.254. The molecule has 1 aromatic heterocycles. The molecule has 0 atom stereocenters. The second-order valence-electron chi connectivity index (χ2n) is 3.86. The lowest BCUT2D eigenvalue weighted by Gasteiger charge is -2.06. The third kappa shape index (κ3) is 3.68. The Morgan fingerprint density at radius 3 is 3.00 bits per heavy atom. The van der Waals surface area contributed by atoms with E-state index in [1.54, 1.807) is 35.3 Å². The molecule has 2 aromatic rings. The molecule has 0 aliphatic carbocycles. The average molecular weight is 391 g/mol. The van der Waals surface area contributed by atoms with Crippen LogP contribution in [0, 0.1) is 3.57 Å². The summed E-state index contributed by atoms with van der Waals surface area (Å²) in [5.41, 5.74) is 6.51. The van der Waals surface area contributed by atoms with Gasteiger partial charge in [-0.3, -0.25) is 4.79 Å². The molecule has 0 unspecified atom stereocenters. The highest BCUT2D eigenvalue weighted by molar-refractivity contribution is 14.1. The summed E-state index contributed by atoms with van der Waals surface area (Å²) in [6.45, 7) is 1.14. The highest BCUT2D eigenvalue weighted by atomic mass is 127. The van der Waals surface area contributed by atoms with Crippen molar-refractivity contribution >= 4 is 45.8 Å². The zero-order chi connectivity index (χ0) is 13.8. The molecule has 0 radical (unpaired) electrons. The first kappa shape index (κ1) is 14.3. The molecule has 1 aromatic carbocycles. The Labute approximate surface area is 129 Å². The molecule has 0 aliphatic rings. The number of rotatable bonds is 4. The van der Waals surface area contributed by atoms with Crippen LogP contribution in [-0.4, -0.2) is 22.0 Å². The smallest absolute Gasteiger partial charge is 0.275 e. The molecular weight excluding hydrogens is 379 g/mol. The maximum atomic E-state index is 12.0. The predicted molar refractivity (Wildman–Crippen MR) is 83.4 cm³/mol. The summed E-state index contributed by atoms with van der Waals surface area (Å²) in [7, 11) is 0. The molecule has 1 heterocycles. The van der Waals surface area contributed by atoms with Crippen LogP contribution in [0.1, 0.15) is 10.5 Å². The number of benzene rings is 1. The standard InChI is InChI=1S/C12H12ClIN4O/c13-8-1-2-10(9(14)5-8)17-12(19)11-6-18(4-3-15)7-16-11/h1-2,5-7H,3-4,15H2,(H,17,19). The van der Waals surface area contributed by atoms with E-state index in [0.29, 0.717) is 29.5 Å². The van der Waals surface area contributed by atoms with Crippen LogP contribution in [0.4, 0.5) is 5.69 Å². The van der Waals surface area contributed by atoms with Gasteiger partial charge in [-0.15, -0.1) is 0 Å². The van der Waals surface area contributed by atoms with E-state index in [0.717, 1.165) is 3.57 Å². The quantitative estimate of drug-likeness (QED) is 0.787. The van der Waals surface area contributed by atoms with Crippen molar-refractivity contribution in [3.8, 4) is 0 Å². The van der Waals surface area contributed by atoms with Crippen molar-refractivity contribution < 1.29 is 4.79 Å². The highest BCUT2D eigenvalue weighted by Gasteiger charge is 2.11. The maximum absolute atomic E-state index is 12.0. The molecule has 0 saturated carbocycles. The van der Waals surface area contributed by atoms with Crippen LogP contribution < -0.4 is 11.1 Å². The van der Waals surface area contributed by atoms with Gasteiger partial charge in [-0.2, -0.15) is 0 Å². The normalized spacial score (nSPS) is 10.5. The van der Waals surface area contributed by atoms with Crippen molar-refractivity contribution in [2.45, 2.75) is 6.54 Å². The number of amides is 1. The van der Waals surface area contributed by atoms with E-state index in [9.17, 15) is 4.79 Å². The Balaban J connectivity index is 2.11. The first-order valence-electron chi connectivity index (χ1n) is 5.58. The average Bonchev–Trinajstić information content (AvgIpc) is 2.82. The molecule has 0 spiro atoms. The summed E-state index contributed by atoms with van der Waals surface area (Å²) in [4.78, 5) is 16.1. The van der Waals surface area contributed by atoms with E-state index in [-0.39, 0.29) is 5.91 Å². The molecule has 0 bridgehead atoms. The van der Waals surface area contributed by atoms with Crippen LogP contribution in [0.5, 0.6) is 0 Å². The summed E-state index contributed by atoms with van der Waals surface area (Å²) in [5, 5.41) is 3.43. The largest absolute Gasteiger partial charge is 0.335 e. The van der Waals surface area contributed by atoms with Crippen molar-refractivity contribution in [1.29, 1.82) is 0 Å². The van der Waals surface area contributed by atoms with E-state index < -0.39 is 0 Å². The van der Waals surface area contributed by atoms with E-state index in [1.165, 1.54) is 0 Å². The van der Waals surface area contributed by atoms with Crippen LogP contribution >= 0.6 is 34.2 Å². The number of anilines is 1. The second-order valence-corrected chi connectivity index (χ2v) is 5.46. The van der Waals surface area contributed by atoms with Crippen molar-refractivity contribution in [3.05, 3.63) is 45.0 Å². The molecule has 19 heavy (non-hydrogen) atoms. The van der Waals surface area contributed by atoms with Crippen LogP contribution in [0.15, 0.2) is 30.7 Å². The number of nitrogens with one attached hydrogen (secondary N) is 1. The molecule has 7 heteroatoms. The Morgan fingerprint density at radius 1 is 1.53 bits per heavy atom. The van der Waals surface area contributed by atoms with Gasteiger partial charge in [-0.1, -0.05) is 11.6 Å². The van der Waals surface area contributed by atoms with E-state index in [4.69, 9.17) is 17.3 Å². The third-order valence-corrected chi connectivity index (χ3v) is 3.56.